The summed E-state index contributed by atoms with van der Waals surface area (Å²) >= 11 is 2.51. The summed E-state index contributed by atoms with van der Waals surface area (Å²) in [4.78, 5) is 0. The molecule has 0 atom stereocenters. The van der Waals surface area contributed by atoms with E-state index in [1.165, 1.54) is 64.4 Å². The van der Waals surface area contributed by atoms with Crippen LogP contribution in [-0.4, -0.2) is 4.57 Å². The molecule has 0 bridgehead atoms. The summed E-state index contributed by atoms with van der Waals surface area (Å²) in [5, 5.41) is 2.69. The molecule has 7 rings (SSSR count). The van der Waals surface area contributed by atoms with Crippen molar-refractivity contribution < 1.29 is 0 Å². The number of rotatable bonds is 0. The van der Waals surface area contributed by atoms with Gasteiger partial charge in [-0.15, -0.1) is 0 Å². The number of fused-ring (bicyclic) bond motifs is 6. The van der Waals surface area contributed by atoms with Crippen LogP contribution in [0.5, 0.6) is 0 Å². The first-order valence-corrected chi connectivity index (χ1v) is 11.2. The van der Waals surface area contributed by atoms with Crippen LogP contribution in [0.3, 0.4) is 0 Å². The van der Waals surface area contributed by atoms with Gasteiger partial charge in [0.15, 0.2) is 0 Å². The van der Waals surface area contributed by atoms with Crippen molar-refractivity contribution in [1.29, 1.82) is 0 Å². The lowest BCUT2D eigenvalue weighted by Gasteiger charge is -2.23. The largest absolute Gasteiger partial charge is 0.308 e. The second-order valence-electron chi connectivity index (χ2n) is 8.72. The Morgan fingerprint density at radius 3 is 2.38 bits per heavy atom. The van der Waals surface area contributed by atoms with Crippen molar-refractivity contribution in [3.8, 4) is 27.9 Å². The van der Waals surface area contributed by atoms with Crippen molar-refractivity contribution in [3.05, 3.63) is 87.5 Å². The molecule has 2 heteroatoms. The zero-order valence-corrected chi connectivity index (χ0v) is 18.4. The summed E-state index contributed by atoms with van der Waals surface area (Å²) in [5.74, 6) is 0. The van der Waals surface area contributed by atoms with Crippen LogP contribution in [0.25, 0.3) is 49.7 Å². The molecule has 4 aromatic carbocycles. The fraction of sp³-hybridized carbons (Fsp3) is 0.111. The highest BCUT2D eigenvalue weighted by Gasteiger charge is 2.40. The van der Waals surface area contributed by atoms with E-state index in [1.54, 1.807) is 0 Å². The molecule has 2 aliphatic rings. The number of aromatic nitrogens is 1. The average molecular weight is 483 g/mol. The van der Waals surface area contributed by atoms with Crippen molar-refractivity contribution in [3.63, 3.8) is 0 Å². The molecule has 0 fully saturated rings. The molecule has 0 N–H and O–H groups in total. The van der Waals surface area contributed by atoms with Gasteiger partial charge in [-0.2, -0.15) is 0 Å². The predicted octanol–water partition coefficient (Wildman–Crippen LogP) is 7.68. The molecule has 0 unspecified atom stereocenters. The van der Waals surface area contributed by atoms with E-state index in [0.717, 1.165) is 0 Å². The Morgan fingerprint density at radius 2 is 1.48 bits per heavy atom. The minimum atomic E-state index is 0.00781. The molecule has 1 aliphatic heterocycles. The molecule has 5 aromatic rings. The van der Waals surface area contributed by atoms with Crippen molar-refractivity contribution in [2.75, 3.05) is 0 Å². The number of halogens is 1. The Kier molecular flexibility index (Phi) is 2.86. The Balaban J connectivity index is 1.89. The summed E-state index contributed by atoms with van der Waals surface area (Å²) in [5.41, 5.74) is 12.4. The Hall–Kier alpha value is -2.59. The number of hydrogen-bond acceptors (Lipinski definition) is 0. The molecule has 138 valence electrons. The topological polar surface area (TPSA) is 4.93 Å². The Morgan fingerprint density at radius 1 is 0.690 bits per heavy atom. The molecule has 0 saturated heterocycles. The van der Waals surface area contributed by atoms with E-state index in [2.05, 4.69) is 114 Å². The van der Waals surface area contributed by atoms with Crippen LogP contribution in [-0.2, 0) is 5.41 Å². The van der Waals surface area contributed by atoms with Crippen LogP contribution in [0.1, 0.15) is 25.0 Å². The van der Waals surface area contributed by atoms with Gasteiger partial charge in [-0.3, -0.25) is 0 Å². The summed E-state index contributed by atoms with van der Waals surface area (Å²) in [7, 11) is 0. The van der Waals surface area contributed by atoms with E-state index >= 15 is 0 Å². The lowest BCUT2D eigenvalue weighted by molar-refractivity contribution is 0.661. The van der Waals surface area contributed by atoms with Gasteiger partial charge in [0, 0.05) is 30.9 Å². The maximum atomic E-state index is 2.52. The number of para-hydroxylation sites is 1. The van der Waals surface area contributed by atoms with Crippen LogP contribution in [0.4, 0.5) is 0 Å². The highest BCUT2D eigenvalue weighted by Crippen LogP contribution is 2.58. The average Bonchev–Trinajstić information content (AvgIpc) is 3.12. The minimum Gasteiger partial charge on any atom is -0.308 e. The second kappa shape index (κ2) is 5.11. The molecule has 1 aliphatic carbocycles. The fourth-order valence-corrected chi connectivity index (χ4v) is 6.52. The maximum Gasteiger partial charge on any atom is 0.0623 e. The molecule has 0 radical (unpaired) electrons. The first-order chi connectivity index (χ1) is 14.1. The van der Waals surface area contributed by atoms with Crippen LogP contribution in [0.15, 0.2) is 72.8 Å². The number of nitrogens with zero attached hydrogens (tertiary/aromatic N) is 1. The third-order valence-electron chi connectivity index (χ3n) is 7.00. The molecule has 2 heterocycles. The van der Waals surface area contributed by atoms with Gasteiger partial charge in [0.25, 0.3) is 0 Å². The van der Waals surface area contributed by atoms with E-state index < -0.39 is 0 Å². The van der Waals surface area contributed by atoms with E-state index in [1.807, 2.05) is 0 Å². The van der Waals surface area contributed by atoms with Crippen molar-refractivity contribution >= 4 is 44.4 Å². The summed E-state index contributed by atoms with van der Waals surface area (Å²) in [6.07, 6.45) is 0. The van der Waals surface area contributed by atoms with E-state index in [4.69, 9.17) is 0 Å². The highest BCUT2D eigenvalue weighted by molar-refractivity contribution is 14.1. The molecular weight excluding hydrogens is 465 g/mol. The standard InChI is InChI=1S/C27H18IN/c1-27(2)18-9-5-8-17-23(18)25-19(27)14-13-16-15-7-3-4-11-21(15)29(26(16)25)22-12-6-10-20(28)24(17)22/h3-14H,1-2H3. The van der Waals surface area contributed by atoms with Crippen molar-refractivity contribution in [2.24, 2.45) is 0 Å². The van der Waals surface area contributed by atoms with Crippen molar-refractivity contribution in [2.45, 2.75) is 19.3 Å². The van der Waals surface area contributed by atoms with E-state index in [9.17, 15) is 0 Å². The van der Waals surface area contributed by atoms with Crippen LogP contribution in [0, 0.1) is 3.57 Å². The molecule has 29 heavy (non-hydrogen) atoms. The van der Waals surface area contributed by atoms with Gasteiger partial charge in [0.05, 0.1) is 16.7 Å². The van der Waals surface area contributed by atoms with E-state index in [-0.39, 0.29) is 5.41 Å². The van der Waals surface area contributed by atoms with Gasteiger partial charge >= 0.3 is 0 Å². The van der Waals surface area contributed by atoms with Gasteiger partial charge in [-0.1, -0.05) is 68.4 Å². The number of hydrogen-bond donors (Lipinski definition) is 0. The van der Waals surface area contributed by atoms with Gasteiger partial charge < -0.3 is 4.57 Å². The third kappa shape index (κ3) is 1.74. The zero-order chi connectivity index (χ0) is 19.5. The van der Waals surface area contributed by atoms with Crippen LogP contribution >= 0.6 is 22.6 Å². The van der Waals surface area contributed by atoms with Gasteiger partial charge in [0.1, 0.15) is 0 Å². The molecule has 1 aromatic heterocycles. The molecule has 0 amide bonds. The smallest absolute Gasteiger partial charge is 0.0623 e. The fourth-order valence-electron chi connectivity index (χ4n) is 5.74. The second-order valence-corrected chi connectivity index (χ2v) is 9.89. The van der Waals surface area contributed by atoms with Crippen molar-refractivity contribution in [1.82, 2.24) is 4.57 Å². The van der Waals surface area contributed by atoms with E-state index in [0.29, 0.717) is 0 Å². The normalized spacial score (nSPS) is 15.0. The van der Waals surface area contributed by atoms with Gasteiger partial charge in [0.2, 0.25) is 0 Å². The third-order valence-corrected chi connectivity index (χ3v) is 7.90. The summed E-state index contributed by atoms with van der Waals surface area (Å²) in [6.45, 7) is 4.75. The molecule has 0 saturated carbocycles. The quantitative estimate of drug-likeness (QED) is 0.195. The van der Waals surface area contributed by atoms with Crippen LogP contribution in [0.2, 0.25) is 0 Å². The summed E-state index contributed by atoms with van der Waals surface area (Å²) < 4.78 is 3.82. The molecular formula is C27H18IN. The molecule has 0 spiro atoms. The lowest BCUT2D eigenvalue weighted by Crippen LogP contribution is -2.15. The zero-order valence-electron chi connectivity index (χ0n) is 16.3. The van der Waals surface area contributed by atoms with Gasteiger partial charge in [-0.05, 0) is 63.0 Å². The van der Waals surface area contributed by atoms with Crippen LogP contribution < -0.4 is 0 Å². The first kappa shape index (κ1) is 16.2. The lowest BCUT2D eigenvalue weighted by atomic mass is 9.81. The molecule has 1 nitrogen and oxygen atoms in total. The summed E-state index contributed by atoms with van der Waals surface area (Å²) in [6, 6.07) is 27.2. The monoisotopic (exact) mass is 483 g/mol. The Bertz CT molecular complexity index is 1530. The first-order valence-electron chi connectivity index (χ1n) is 10.1. The Labute approximate surface area is 183 Å². The highest BCUT2D eigenvalue weighted by atomic mass is 127. The predicted molar refractivity (Wildman–Crippen MR) is 130 cm³/mol. The number of benzene rings is 4. The maximum absolute atomic E-state index is 2.52. The minimum absolute atomic E-state index is 0.00781. The van der Waals surface area contributed by atoms with Gasteiger partial charge in [-0.25, -0.2) is 0 Å². The SMILES string of the molecule is CC1(C)c2cccc3c2-c2c1ccc1c4ccccc4n(c21)-c1cccc(I)c1-3.